The minimum atomic E-state index is -4.43. The first-order valence-electron chi connectivity index (χ1n) is 8.58. The number of anilines is 1. The molecule has 0 unspecified atom stereocenters. The van der Waals surface area contributed by atoms with Crippen LogP contribution in [-0.2, 0) is 11.3 Å². The lowest BCUT2D eigenvalue weighted by Crippen LogP contribution is -2.24. The molecule has 3 heterocycles. The number of hydrogen-bond donors (Lipinski definition) is 2. The molecule has 0 fully saturated rings. The molecule has 0 saturated carbocycles. The summed E-state index contributed by atoms with van der Waals surface area (Å²) < 4.78 is 43.2. The average Bonchev–Trinajstić information content (AvgIpc) is 3.03. The Morgan fingerprint density at radius 3 is 2.79 bits per heavy atom. The summed E-state index contributed by atoms with van der Waals surface area (Å²) in [5, 5.41) is 16.9. The van der Waals surface area contributed by atoms with E-state index in [1.54, 1.807) is 29.9 Å². The molecule has 0 aliphatic carbocycles. The van der Waals surface area contributed by atoms with Crippen molar-refractivity contribution in [2.75, 3.05) is 11.9 Å². The third-order valence-electron chi connectivity index (χ3n) is 3.91. The van der Waals surface area contributed by atoms with Crippen LogP contribution in [0.2, 0.25) is 0 Å². The zero-order chi connectivity index (χ0) is 21.2. The van der Waals surface area contributed by atoms with Gasteiger partial charge in [-0.3, -0.25) is 9.48 Å². The van der Waals surface area contributed by atoms with Gasteiger partial charge in [0.1, 0.15) is 11.9 Å². The van der Waals surface area contributed by atoms with E-state index in [0.29, 0.717) is 28.6 Å². The smallest absolute Gasteiger partial charge is 0.422 e. The Kier molecular flexibility index (Phi) is 5.69. The van der Waals surface area contributed by atoms with E-state index >= 15 is 0 Å². The van der Waals surface area contributed by atoms with Crippen molar-refractivity contribution in [1.29, 1.82) is 0 Å². The van der Waals surface area contributed by atoms with Gasteiger partial charge in [-0.25, -0.2) is 9.97 Å². The number of rotatable bonds is 6. The number of aliphatic hydroxyl groups is 1. The Balaban J connectivity index is 1.78. The maximum absolute atomic E-state index is 12.3. The maximum Gasteiger partial charge on any atom is 0.422 e. The third-order valence-corrected chi connectivity index (χ3v) is 3.91. The minimum Gasteiger partial charge on any atom is -0.468 e. The molecule has 11 heteroatoms. The number of fused-ring (bicyclic) bond motifs is 1. The fourth-order valence-corrected chi connectivity index (χ4v) is 2.59. The summed E-state index contributed by atoms with van der Waals surface area (Å²) in [5.41, 5.74) is 1.75. The van der Waals surface area contributed by atoms with Crippen LogP contribution in [0.25, 0.3) is 10.9 Å². The van der Waals surface area contributed by atoms with E-state index in [0.717, 1.165) is 0 Å². The maximum atomic E-state index is 12.3. The zero-order valence-corrected chi connectivity index (χ0v) is 15.6. The van der Waals surface area contributed by atoms with Gasteiger partial charge in [-0.2, -0.15) is 18.3 Å². The molecular formula is C18H18F3N5O3. The molecule has 1 amide bonds. The highest BCUT2D eigenvalue weighted by molar-refractivity contribution is 6.00. The summed E-state index contributed by atoms with van der Waals surface area (Å²) >= 11 is 0. The molecule has 29 heavy (non-hydrogen) atoms. The lowest BCUT2D eigenvalue weighted by molar-refractivity contribution is -0.154. The van der Waals surface area contributed by atoms with Crippen LogP contribution in [0.1, 0.15) is 18.1 Å². The van der Waals surface area contributed by atoms with Gasteiger partial charge in [0.25, 0.3) is 5.91 Å². The molecule has 0 aliphatic rings. The van der Waals surface area contributed by atoms with Crippen molar-refractivity contribution in [1.82, 2.24) is 19.7 Å². The standard InChI is InChI=1S/C18H18F3N5O3/c1-10-5-12(6-23-17(10)29-9-18(19,20)21)7-26-8-13-14(25-26)3-4-22-15(13)24-16(28)11(2)27/h3-6,8,11,27H,7,9H2,1-2H3,(H,22,24,28)/t11-/m0/s1. The fraction of sp³-hybridized carbons (Fsp3) is 0.333. The number of ether oxygens (including phenoxy) is 1. The number of aliphatic hydroxyl groups excluding tert-OH is 1. The monoisotopic (exact) mass is 409 g/mol. The van der Waals surface area contributed by atoms with Gasteiger partial charge in [0.05, 0.1) is 17.4 Å². The molecule has 1 atom stereocenters. The number of carbonyl (C=O) groups is 1. The van der Waals surface area contributed by atoms with E-state index in [1.165, 1.54) is 19.3 Å². The number of halogens is 3. The zero-order valence-electron chi connectivity index (χ0n) is 15.6. The number of carbonyl (C=O) groups excluding carboxylic acids is 1. The normalized spacial score (nSPS) is 12.8. The van der Waals surface area contributed by atoms with Crippen LogP contribution in [0.4, 0.5) is 19.0 Å². The summed E-state index contributed by atoms with van der Waals surface area (Å²) in [5.74, 6) is -0.402. The second-order valence-electron chi connectivity index (χ2n) is 6.45. The molecule has 3 rings (SSSR count). The summed E-state index contributed by atoms with van der Waals surface area (Å²) in [6.07, 6.45) is -1.05. The van der Waals surface area contributed by atoms with E-state index in [1.807, 2.05) is 0 Å². The number of pyridine rings is 2. The van der Waals surface area contributed by atoms with Crippen molar-refractivity contribution < 1.29 is 27.8 Å². The first-order valence-corrected chi connectivity index (χ1v) is 8.58. The summed E-state index contributed by atoms with van der Waals surface area (Å²) in [4.78, 5) is 19.8. The second-order valence-corrected chi connectivity index (χ2v) is 6.45. The third kappa shape index (κ3) is 5.19. The Bertz CT molecular complexity index is 1030. The molecule has 0 spiro atoms. The largest absolute Gasteiger partial charge is 0.468 e. The van der Waals surface area contributed by atoms with Crippen LogP contribution in [0, 0.1) is 6.92 Å². The van der Waals surface area contributed by atoms with E-state index < -0.39 is 24.8 Å². The van der Waals surface area contributed by atoms with Crippen LogP contribution in [0.15, 0.2) is 30.7 Å². The molecule has 3 aromatic heterocycles. The van der Waals surface area contributed by atoms with E-state index in [4.69, 9.17) is 4.74 Å². The number of alkyl halides is 3. The molecule has 0 saturated heterocycles. The Morgan fingerprint density at radius 1 is 1.38 bits per heavy atom. The quantitative estimate of drug-likeness (QED) is 0.649. The van der Waals surface area contributed by atoms with Crippen molar-refractivity contribution in [3.05, 3.63) is 41.9 Å². The number of nitrogens with one attached hydrogen (secondary N) is 1. The van der Waals surface area contributed by atoms with Crippen molar-refractivity contribution >= 4 is 22.6 Å². The van der Waals surface area contributed by atoms with Gasteiger partial charge in [-0.1, -0.05) is 0 Å². The van der Waals surface area contributed by atoms with Crippen molar-refractivity contribution in [2.24, 2.45) is 0 Å². The molecule has 8 nitrogen and oxygen atoms in total. The number of hydrogen-bond acceptors (Lipinski definition) is 6. The van der Waals surface area contributed by atoms with Crippen molar-refractivity contribution in [2.45, 2.75) is 32.7 Å². The molecule has 0 aliphatic heterocycles. The van der Waals surface area contributed by atoms with Gasteiger partial charge in [-0.05, 0) is 31.5 Å². The van der Waals surface area contributed by atoms with Gasteiger partial charge in [0.2, 0.25) is 5.88 Å². The Hall–Kier alpha value is -3.21. The lowest BCUT2D eigenvalue weighted by Gasteiger charge is -2.11. The second kappa shape index (κ2) is 8.03. The SMILES string of the molecule is Cc1cc(Cn2cc3c(NC(=O)[C@H](C)O)nccc3n2)cnc1OCC(F)(F)F. The molecule has 0 radical (unpaired) electrons. The summed E-state index contributed by atoms with van der Waals surface area (Å²) in [6.45, 7) is 1.84. The fourth-order valence-electron chi connectivity index (χ4n) is 2.59. The van der Waals surface area contributed by atoms with E-state index in [9.17, 15) is 23.1 Å². The van der Waals surface area contributed by atoms with Crippen molar-refractivity contribution in [3.63, 3.8) is 0 Å². The lowest BCUT2D eigenvalue weighted by atomic mass is 10.2. The van der Waals surface area contributed by atoms with Crippen molar-refractivity contribution in [3.8, 4) is 5.88 Å². The molecule has 3 aromatic rings. The minimum absolute atomic E-state index is 0.0796. The van der Waals surface area contributed by atoms with Gasteiger partial charge < -0.3 is 15.2 Å². The van der Waals surface area contributed by atoms with Crippen LogP contribution >= 0.6 is 0 Å². The number of aryl methyl sites for hydroxylation is 1. The van der Waals surface area contributed by atoms with Gasteiger partial charge in [-0.15, -0.1) is 0 Å². The number of amides is 1. The van der Waals surface area contributed by atoms with E-state index in [2.05, 4.69) is 20.4 Å². The number of nitrogens with zero attached hydrogens (tertiary/aromatic N) is 4. The highest BCUT2D eigenvalue weighted by Crippen LogP contribution is 2.23. The van der Waals surface area contributed by atoms with Crippen LogP contribution < -0.4 is 10.1 Å². The summed E-state index contributed by atoms with van der Waals surface area (Å²) in [7, 11) is 0. The first-order chi connectivity index (χ1) is 13.6. The van der Waals surface area contributed by atoms with Crippen LogP contribution in [0.3, 0.4) is 0 Å². The molecular weight excluding hydrogens is 391 g/mol. The predicted octanol–water partition coefficient (Wildman–Crippen LogP) is 2.44. The highest BCUT2D eigenvalue weighted by atomic mass is 19.4. The van der Waals surface area contributed by atoms with Gasteiger partial charge in [0, 0.05) is 24.2 Å². The van der Waals surface area contributed by atoms with Gasteiger partial charge in [0.15, 0.2) is 6.61 Å². The molecule has 0 aromatic carbocycles. The first kappa shape index (κ1) is 20.5. The summed E-state index contributed by atoms with van der Waals surface area (Å²) in [6, 6.07) is 3.33. The number of aromatic nitrogens is 4. The van der Waals surface area contributed by atoms with E-state index in [-0.39, 0.29) is 11.7 Å². The molecule has 154 valence electrons. The highest BCUT2D eigenvalue weighted by Gasteiger charge is 2.29. The topological polar surface area (TPSA) is 102 Å². The Morgan fingerprint density at radius 2 is 2.14 bits per heavy atom. The predicted molar refractivity (Wildman–Crippen MR) is 97.5 cm³/mol. The molecule has 2 N–H and O–H groups in total. The van der Waals surface area contributed by atoms with Crippen LogP contribution in [-0.4, -0.2) is 49.6 Å². The Labute approximate surface area is 163 Å². The van der Waals surface area contributed by atoms with Gasteiger partial charge >= 0.3 is 6.18 Å². The van der Waals surface area contributed by atoms with Crippen LogP contribution in [0.5, 0.6) is 5.88 Å². The molecule has 0 bridgehead atoms. The average molecular weight is 409 g/mol.